The summed E-state index contributed by atoms with van der Waals surface area (Å²) in [5.41, 5.74) is 0. The molecule has 0 aliphatic carbocycles. The summed E-state index contributed by atoms with van der Waals surface area (Å²) in [5, 5.41) is 0. The first-order valence-corrected chi connectivity index (χ1v) is 5.51. The highest BCUT2D eigenvalue weighted by molar-refractivity contribution is 5.69. The van der Waals surface area contributed by atoms with E-state index in [1.165, 1.54) is 7.11 Å². The molecule has 0 aliphatic heterocycles. The minimum atomic E-state index is -0.191. The number of carbonyl (C=O) groups excluding carboxylic acids is 1. The van der Waals surface area contributed by atoms with Crippen LogP contribution in [0.4, 0.5) is 0 Å². The van der Waals surface area contributed by atoms with Crippen LogP contribution < -0.4 is 0 Å². The molecule has 0 N–H and O–H groups in total. The van der Waals surface area contributed by atoms with Gasteiger partial charge in [-0.05, 0) is 18.6 Å². The molecule has 0 spiro atoms. The van der Waals surface area contributed by atoms with E-state index in [0.717, 1.165) is 18.7 Å². The van der Waals surface area contributed by atoms with Crippen molar-refractivity contribution in [3.05, 3.63) is 24.2 Å². The average Bonchev–Trinajstić information content (AvgIpc) is 2.81. The lowest BCUT2D eigenvalue weighted by Gasteiger charge is -2.17. The molecule has 0 fully saturated rings. The van der Waals surface area contributed by atoms with E-state index in [0.29, 0.717) is 19.5 Å². The van der Waals surface area contributed by atoms with Crippen LogP contribution in [0.1, 0.15) is 18.6 Å². The van der Waals surface area contributed by atoms with E-state index in [1.807, 2.05) is 12.1 Å². The van der Waals surface area contributed by atoms with Gasteiger partial charge in [0.15, 0.2) is 0 Å². The summed E-state index contributed by atoms with van der Waals surface area (Å²) in [6, 6.07) is 3.75. The molecule has 0 bridgehead atoms. The van der Waals surface area contributed by atoms with Gasteiger partial charge in [0.25, 0.3) is 0 Å². The zero-order chi connectivity index (χ0) is 12.5. The van der Waals surface area contributed by atoms with E-state index in [9.17, 15) is 4.79 Å². The van der Waals surface area contributed by atoms with Gasteiger partial charge in [0.05, 0.1) is 26.5 Å². The Morgan fingerprint density at radius 1 is 1.65 bits per heavy atom. The van der Waals surface area contributed by atoms with E-state index < -0.39 is 0 Å². The van der Waals surface area contributed by atoms with Crippen LogP contribution in [0, 0.1) is 12.3 Å². The van der Waals surface area contributed by atoms with Crippen LogP contribution in [0.25, 0.3) is 0 Å². The minimum Gasteiger partial charge on any atom is -0.469 e. The van der Waals surface area contributed by atoms with Gasteiger partial charge >= 0.3 is 5.97 Å². The topological polar surface area (TPSA) is 42.7 Å². The molecule has 0 saturated heterocycles. The van der Waals surface area contributed by atoms with Gasteiger partial charge in [0.2, 0.25) is 0 Å². The normalized spacial score (nSPS) is 10.2. The molecule has 92 valence electrons. The zero-order valence-electron chi connectivity index (χ0n) is 10.0. The molecule has 1 rings (SSSR count). The maximum atomic E-state index is 11.0. The van der Waals surface area contributed by atoms with Crippen LogP contribution in [0.15, 0.2) is 22.8 Å². The van der Waals surface area contributed by atoms with Gasteiger partial charge in [-0.25, -0.2) is 0 Å². The largest absolute Gasteiger partial charge is 0.469 e. The van der Waals surface area contributed by atoms with Crippen LogP contribution in [0.2, 0.25) is 0 Å². The molecule has 0 unspecified atom stereocenters. The number of ether oxygens (including phenoxy) is 1. The zero-order valence-corrected chi connectivity index (χ0v) is 10.0. The Hall–Kier alpha value is -1.73. The summed E-state index contributed by atoms with van der Waals surface area (Å²) in [5.74, 6) is 3.28. The number of furan rings is 1. The lowest BCUT2D eigenvalue weighted by Crippen LogP contribution is -2.25. The molecule has 1 aromatic rings. The average molecular weight is 235 g/mol. The van der Waals surface area contributed by atoms with Crippen LogP contribution in [-0.2, 0) is 16.1 Å². The summed E-state index contributed by atoms with van der Waals surface area (Å²) in [4.78, 5) is 13.0. The van der Waals surface area contributed by atoms with Gasteiger partial charge in [-0.2, -0.15) is 0 Å². The number of esters is 1. The highest BCUT2D eigenvalue weighted by Crippen LogP contribution is 2.06. The summed E-state index contributed by atoms with van der Waals surface area (Å²) in [7, 11) is 1.39. The highest BCUT2D eigenvalue weighted by atomic mass is 16.5. The molecule has 4 heteroatoms. The second-order valence-corrected chi connectivity index (χ2v) is 3.67. The monoisotopic (exact) mass is 235 g/mol. The first-order chi connectivity index (χ1) is 8.26. The fraction of sp³-hybridized carbons (Fsp3) is 0.462. The SMILES string of the molecule is C#CCN(CCCC(=O)OC)Cc1ccco1. The minimum absolute atomic E-state index is 0.191. The molecular weight excluding hydrogens is 218 g/mol. The van der Waals surface area contributed by atoms with Crippen molar-refractivity contribution in [2.75, 3.05) is 20.2 Å². The van der Waals surface area contributed by atoms with E-state index >= 15 is 0 Å². The van der Waals surface area contributed by atoms with Crippen molar-refractivity contribution in [1.82, 2.24) is 4.90 Å². The van der Waals surface area contributed by atoms with Gasteiger partial charge in [-0.1, -0.05) is 5.92 Å². The third-order valence-electron chi connectivity index (χ3n) is 2.36. The van der Waals surface area contributed by atoms with Crippen LogP contribution in [0.3, 0.4) is 0 Å². The highest BCUT2D eigenvalue weighted by Gasteiger charge is 2.08. The van der Waals surface area contributed by atoms with Crippen molar-refractivity contribution in [2.45, 2.75) is 19.4 Å². The van der Waals surface area contributed by atoms with E-state index in [2.05, 4.69) is 15.6 Å². The van der Waals surface area contributed by atoms with Crippen molar-refractivity contribution >= 4 is 5.97 Å². The Kier molecular flexibility index (Phi) is 5.91. The predicted molar refractivity (Wildman–Crippen MR) is 64.1 cm³/mol. The predicted octanol–water partition coefficient (Wildman–Crippen LogP) is 1.67. The van der Waals surface area contributed by atoms with Crippen LogP contribution in [0.5, 0.6) is 0 Å². The third-order valence-corrected chi connectivity index (χ3v) is 2.36. The molecule has 0 radical (unpaired) electrons. The maximum absolute atomic E-state index is 11.0. The summed E-state index contributed by atoms with van der Waals surface area (Å²) < 4.78 is 9.84. The van der Waals surface area contributed by atoms with Gasteiger partial charge in [-0.3, -0.25) is 9.69 Å². The second kappa shape index (κ2) is 7.53. The molecule has 0 amide bonds. The van der Waals surface area contributed by atoms with Crippen LogP contribution >= 0.6 is 0 Å². The lowest BCUT2D eigenvalue weighted by atomic mass is 10.3. The Labute approximate surface area is 102 Å². The summed E-state index contributed by atoms with van der Waals surface area (Å²) >= 11 is 0. The molecular formula is C13H17NO3. The molecule has 0 atom stereocenters. The third kappa shape index (κ3) is 5.23. The number of methoxy groups -OCH3 is 1. The number of hydrogen-bond donors (Lipinski definition) is 0. The Balaban J connectivity index is 2.33. The quantitative estimate of drug-likeness (QED) is 0.532. The standard InChI is InChI=1S/C13H17NO3/c1-3-8-14(9-4-7-13(15)16-2)11-12-6-5-10-17-12/h1,5-6,10H,4,7-9,11H2,2H3. The first kappa shape index (κ1) is 13.3. The van der Waals surface area contributed by atoms with Crippen molar-refractivity contribution in [3.63, 3.8) is 0 Å². The Morgan fingerprint density at radius 2 is 2.47 bits per heavy atom. The molecule has 17 heavy (non-hydrogen) atoms. The van der Waals surface area contributed by atoms with Gasteiger partial charge in [-0.15, -0.1) is 6.42 Å². The van der Waals surface area contributed by atoms with E-state index in [-0.39, 0.29) is 5.97 Å². The maximum Gasteiger partial charge on any atom is 0.305 e. The molecule has 1 aromatic heterocycles. The second-order valence-electron chi connectivity index (χ2n) is 3.67. The van der Waals surface area contributed by atoms with E-state index in [1.54, 1.807) is 6.26 Å². The van der Waals surface area contributed by atoms with Crippen molar-refractivity contribution in [3.8, 4) is 12.3 Å². The number of carbonyl (C=O) groups is 1. The summed E-state index contributed by atoms with van der Waals surface area (Å²) in [6.07, 6.45) is 8.08. The molecule has 0 saturated carbocycles. The molecule has 0 aromatic carbocycles. The molecule has 0 aliphatic rings. The fourth-order valence-electron chi connectivity index (χ4n) is 1.52. The number of rotatable bonds is 7. The van der Waals surface area contributed by atoms with Gasteiger partial charge in [0.1, 0.15) is 5.76 Å². The molecule has 1 heterocycles. The Bertz CT molecular complexity index is 365. The van der Waals surface area contributed by atoms with Crippen LogP contribution in [-0.4, -0.2) is 31.1 Å². The van der Waals surface area contributed by atoms with Crippen molar-refractivity contribution in [2.24, 2.45) is 0 Å². The number of nitrogens with zero attached hydrogens (tertiary/aromatic N) is 1. The van der Waals surface area contributed by atoms with E-state index in [4.69, 9.17) is 10.8 Å². The fourth-order valence-corrected chi connectivity index (χ4v) is 1.52. The van der Waals surface area contributed by atoms with Crippen molar-refractivity contribution < 1.29 is 13.9 Å². The summed E-state index contributed by atoms with van der Waals surface area (Å²) in [6.45, 7) is 1.96. The number of hydrogen-bond acceptors (Lipinski definition) is 4. The smallest absolute Gasteiger partial charge is 0.305 e. The van der Waals surface area contributed by atoms with Crippen molar-refractivity contribution in [1.29, 1.82) is 0 Å². The first-order valence-electron chi connectivity index (χ1n) is 5.51. The van der Waals surface area contributed by atoms with Gasteiger partial charge in [0, 0.05) is 13.0 Å². The number of terminal acetylenes is 1. The molecule has 4 nitrogen and oxygen atoms in total. The van der Waals surface area contributed by atoms with Gasteiger partial charge < -0.3 is 9.15 Å². The Morgan fingerprint density at radius 3 is 3.06 bits per heavy atom. The lowest BCUT2D eigenvalue weighted by molar-refractivity contribution is -0.140.